The number of para-hydroxylation sites is 2. The molecule has 1 fully saturated rings. The Bertz CT molecular complexity index is 1340. The molecule has 1 saturated heterocycles. The van der Waals surface area contributed by atoms with E-state index in [0.717, 1.165) is 6.07 Å². The molecule has 1 amide bonds. The third-order valence-electron chi connectivity index (χ3n) is 5.64. The number of rotatable bonds is 7. The van der Waals surface area contributed by atoms with Crippen LogP contribution in [0.5, 0.6) is 5.75 Å². The van der Waals surface area contributed by atoms with Crippen molar-refractivity contribution in [2.75, 3.05) is 48.4 Å². The van der Waals surface area contributed by atoms with Crippen molar-refractivity contribution in [2.45, 2.75) is 11.8 Å². The van der Waals surface area contributed by atoms with E-state index >= 15 is 0 Å². The van der Waals surface area contributed by atoms with Crippen LogP contribution >= 0.6 is 0 Å². The van der Waals surface area contributed by atoms with Crippen molar-refractivity contribution in [2.24, 2.45) is 0 Å². The summed E-state index contributed by atoms with van der Waals surface area (Å²) in [4.78, 5) is 14.6. The van der Waals surface area contributed by atoms with Gasteiger partial charge in [0.2, 0.25) is 0 Å². The molecule has 1 aliphatic rings. The molecule has 8 nitrogen and oxygen atoms in total. The summed E-state index contributed by atoms with van der Waals surface area (Å²) < 4.78 is 54.3. The number of amides is 1. The second-order valence-corrected chi connectivity index (χ2v) is 9.66. The van der Waals surface area contributed by atoms with Crippen LogP contribution in [-0.4, -0.2) is 47.7 Å². The number of methoxy groups -OCH3 is 1. The van der Waals surface area contributed by atoms with Crippen molar-refractivity contribution >= 4 is 33.0 Å². The van der Waals surface area contributed by atoms with E-state index in [1.165, 1.54) is 25.3 Å². The zero-order valence-electron chi connectivity index (χ0n) is 19.4. The number of nitrogens with zero attached hydrogens (tertiary/aromatic N) is 1. The first kappa shape index (κ1) is 24.5. The van der Waals surface area contributed by atoms with Crippen LogP contribution in [0.25, 0.3) is 0 Å². The predicted octanol–water partition coefficient (Wildman–Crippen LogP) is 4.03. The van der Waals surface area contributed by atoms with Crippen molar-refractivity contribution in [1.29, 1.82) is 0 Å². The maximum Gasteiger partial charge on any atom is 0.264 e. The number of ether oxygens (including phenoxy) is 2. The molecule has 1 heterocycles. The fourth-order valence-electron chi connectivity index (χ4n) is 3.74. The fraction of sp³-hybridized carbons (Fsp3) is 0.240. The summed E-state index contributed by atoms with van der Waals surface area (Å²) in [5, 5.41) is 2.67. The number of hydrogen-bond acceptors (Lipinski definition) is 6. The molecule has 1 aliphatic heterocycles. The molecule has 0 bridgehead atoms. The monoisotopic (exact) mass is 499 g/mol. The van der Waals surface area contributed by atoms with Gasteiger partial charge in [0.05, 0.1) is 31.7 Å². The van der Waals surface area contributed by atoms with Crippen LogP contribution in [0, 0.1) is 12.7 Å². The van der Waals surface area contributed by atoms with Gasteiger partial charge in [-0.3, -0.25) is 9.52 Å². The first-order valence-electron chi connectivity index (χ1n) is 11.0. The molecule has 0 aliphatic carbocycles. The van der Waals surface area contributed by atoms with Gasteiger partial charge in [-0.1, -0.05) is 18.2 Å². The summed E-state index contributed by atoms with van der Waals surface area (Å²) in [6.07, 6.45) is 0. The molecule has 4 rings (SSSR count). The number of morpholine rings is 1. The van der Waals surface area contributed by atoms with Gasteiger partial charge < -0.3 is 19.7 Å². The minimum atomic E-state index is -4.08. The lowest BCUT2D eigenvalue weighted by molar-refractivity contribution is 0.102. The van der Waals surface area contributed by atoms with Gasteiger partial charge in [-0.2, -0.15) is 0 Å². The van der Waals surface area contributed by atoms with Gasteiger partial charge >= 0.3 is 0 Å². The minimum Gasteiger partial charge on any atom is -0.495 e. The number of benzene rings is 3. The summed E-state index contributed by atoms with van der Waals surface area (Å²) >= 11 is 0. The Hall–Kier alpha value is -3.63. The summed E-state index contributed by atoms with van der Waals surface area (Å²) in [5.74, 6) is -0.677. The van der Waals surface area contributed by atoms with Crippen LogP contribution in [-0.2, 0) is 14.8 Å². The lowest BCUT2D eigenvalue weighted by atomic mass is 10.1. The van der Waals surface area contributed by atoms with E-state index in [-0.39, 0.29) is 21.8 Å². The average Bonchev–Trinajstić information content (AvgIpc) is 2.86. The van der Waals surface area contributed by atoms with Crippen LogP contribution in [0.4, 0.5) is 21.5 Å². The van der Waals surface area contributed by atoms with E-state index in [2.05, 4.69) is 10.0 Å². The third kappa shape index (κ3) is 5.55. The standard InChI is InChI=1S/C25H26FN3O5S/c1-17-7-8-18(15-20(17)26)25(30)27-19-9-10-22(29-11-13-34-14-12-29)24(16-19)35(31,32)28-21-5-3-4-6-23(21)33-2/h3-10,15-16,28H,11-14H2,1-2H3,(H,27,30). The van der Waals surface area contributed by atoms with Crippen LogP contribution < -0.4 is 19.7 Å². The fourth-order valence-corrected chi connectivity index (χ4v) is 5.06. The molecular formula is C25H26FN3O5S. The lowest BCUT2D eigenvalue weighted by Crippen LogP contribution is -2.37. The first-order chi connectivity index (χ1) is 16.8. The molecule has 0 spiro atoms. The molecule has 3 aromatic carbocycles. The number of anilines is 3. The Labute approximate surface area is 203 Å². The number of sulfonamides is 1. The summed E-state index contributed by atoms with van der Waals surface area (Å²) in [7, 11) is -2.63. The molecule has 0 atom stereocenters. The van der Waals surface area contributed by atoms with Gasteiger partial charge in [0.15, 0.2) is 0 Å². The number of carbonyl (C=O) groups excluding carboxylic acids is 1. The molecule has 10 heteroatoms. The van der Waals surface area contributed by atoms with E-state index in [1.54, 1.807) is 43.3 Å². The molecular weight excluding hydrogens is 473 g/mol. The predicted molar refractivity (Wildman–Crippen MR) is 132 cm³/mol. The molecule has 0 radical (unpaired) electrons. The molecule has 3 aromatic rings. The van der Waals surface area contributed by atoms with Crippen LogP contribution in [0.2, 0.25) is 0 Å². The molecule has 0 saturated carbocycles. The van der Waals surface area contributed by atoms with E-state index in [4.69, 9.17) is 9.47 Å². The van der Waals surface area contributed by atoms with Crippen LogP contribution in [0.1, 0.15) is 15.9 Å². The third-order valence-corrected chi connectivity index (χ3v) is 7.04. The summed E-state index contributed by atoms with van der Waals surface area (Å²) in [5.41, 5.74) is 1.57. The second kappa shape index (κ2) is 10.3. The molecule has 35 heavy (non-hydrogen) atoms. The van der Waals surface area contributed by atoms with E-state index < -0.39 is 21.7 Å². The molecule has 0 aromatic heterocycles. The SMILES string of the molecule is COc1ccccc1NS(=O)(=O)c1cc(NC(=O)c2ccc(C)c(F)c2)ccc1N1CCOCC1. The smallest absolute Gasteiger partial charge is 0.264 e. The maximum atomic E-state index is 13.9. The summed E-state index contributed by atoms with van der Waals surface area (Å²) in [6.45, 7) is 3.58. The Morgan fingerprint density at radius 3 is 2.51 bits per heavy atom. The average molecular weight is 500 g/mol. The highest BCUT2D eigenvalue weighted by Crippen LogP contribution is 2.33. The van der Waals surface area contributed by atoms with Crippen molar-refractivity contribution < 1.29 is 27.1 Å². The lowest BCUT2D eigenvalue weighted by Gasteiger charge is -2.30. The molecule has 184 valence electrons. The second-order valence-electron chi connectivity index (χ2n) is 8.01. The highest BCUT2D eigenvalue weighted by atomic mass is 32.2. The molecule has 2 N–H and O–H groups in total. The maximum absolute atomic E-state index is 13.9. The van der Waals surface area contributed by atoms with Crippen LogP contribution in [0.3, 0.4) is 0 Å². The zero-order chi connectivity index (χ0) is 25.0. The number of hydrogen-bond donors (Lipinski definition) is 2. The van der Waals surface area contributed by atoms with Gasteiger partial charge in [-0.05, 0) is 55.0 Å². The Balaban J connectivity index is 1.70. The highest BCUT2D eigenvalue weighted by molar-refractivity contribution is 7.93. The van der Waals surface area contributed by atoms with Crippen LogP contribution in [0.15, 0.2) is 65.6 Å². The van der Waals surface area contributed by atoms with E-state index in [1.807, 2.05) is 4.90 Å². The van der Waals surface area contributed by atoms with Gasteiger partial charge in [0.1, 0.15) is 16.5 Å². The number of carbonyl (C=O) groups is 1. The number of halogens is 1. The van der Waals surface area contributed by atoms with Crippen molar-refractivity contribution in [3.63, 3.8) is 0 Å². The Morgan fingerprint density at radius 1 is 1.06 bits per heavy atom. The molecule has 0 unspecified atom stereocenters. The number of aryl methyl sites for hydroxylation is 1. The minimum absolute atomic E-state index is 0.0156. The normalized spacial score (nSPS) is 13.9. The first-order valence-corrected chi connectivity index (χ1v) is 12.5. The number of nitrogens with one attached hydrogen (secondary N) is 2. The highest BCUT2D eigenvalue weighted by Gasteiger charge is 2.25. The largest absolute Gasteiger partial charge is 0.495 e. The van der Waals surface area contributed by atoms with Gasteiger partial charge in [-0.15, -0.1) is 0 Å². The van der Waals surface area contributed by atoms with Crippen molar-refractivity contribution in [3.05, 3.63) is 77.6 Å². The van der Waals surface area contributed by atoms with Crippen molar-refractivity contribution in [1.82, 2.24) is 0 Å². The Kier molecular flexibility index (Phi) is 7.23. The van der Waals surface area contributed by atoms with E-state index in [0.29, 0.717) is 43.3 Å². The topological polar surface area (TPSA) is 97.0 Å². The van der Waals surface area contributed by atoms with Gasteiger partial charge in [-0.25, -0.2) is 12.8 Å². The zero-order valence-corrected chi connectivity index (χ0v) is 20.2. The van der Waals surface area contributed by atoms with Gasteiger partial charge in [0.25, 0.3) is 15.9 Å². The van der Waals surface area contributed by atoms with Gasteiger partial charge in [0, 0.05) is 24.3 Å². The summed E-state index contributed by atoms with van der Waals surface area (Å²) in [6, 6.07) is 15.5. The quantitative estimate of drug-likeness (QED) is 0.510. The Morgan fingerprint density at radius 2 is 1.80 bits per heavy atom. The van der Waals surface area contributed by atoms with E-state index in [9.17, 15) is 17.6 Å². The van der Waals surface area contributed by atoms with Crippen molar-refractivity contribution in [3.8, 4) is 5.75 Å².